The number of hydrazine groups is 1. The highest BCUT2D eigenvalue weighted by Gasteiger charge is 1.87. The Kier molecular flexibility index (Phi) is 5.80. The van der Waals surface area contributed by atoms with Crippen molar-refractivity contribution in [3.63, 3.8) is 0 Å². The molecule has 0 aliphatic carbocycles. The first kappa shape index (κ1) is 12.2. The maximum atomic E-state index is 8.36. The monoisotopic (exact) mass is 199 g/mol. The summed E-state index contributed by atoms with van der Waals surface area (Å²) >= 11 is 0. The summed E-state index contributed by atoms with van der Waals surface area (Å²) < 4.78 is 0. The highest BCUT2D eigenvalue weighted by atomic mass is 16.9. The highest BCUT2D eigenvalue weighted by Crippen LogP contribution is 2.03. The molecule has 78 valence electrons. The lowest BCUT2D eigenvalue weighted by molar-refractivity contribution is -0.742. The summed E-state index contributed by atoms with van der Waals surface area (Å²) in [4.78, 5) is 8.36. The molecule has 6 nitrogen and oxygen atoms in total. The average Bonchev–Trinajstić information content (AvgIpc) is 2.03. The minimum absolute atomic E-state index is 1.12. The van der Waals surface area contributed by atoms with E-state index in [9.17, 15) is 0 Å². The molecule has 14 heavy (non-hydrogen) atoms. The van der Waals surface area contributed by atoms with E-state index in [4.69, 9.17) is 15.3 Å². The lowest BCUT2D eigenvalue weighted by Crippen LogP contribution is -2.19. The Labute approximate surface area is 81.8 Å². The molecule has 0 radical (unpaired) electrons. The van der Waals surface area contributed by atoms with Crippen molar-refractivity contribution < 1.29 is 10.3 Å². The number of benzene rings is 1. The van der Waals surface area contributed by atoms with E-state index in [1.165, 1.54) is 0 Å². The quantitative estimate of drug-likeness (QED) is 0.553. The second kappa shape index (κ2) is 6.67. The zero-order valence-electron chi connectivity index (χ0n) is 8.04. The summed E-state index contributed by atoms with van der Waals surface area (Å²) in [5.74, 6) is 0. The van der Waals surface area contributed by atoms with Crippen molar-refractivity contribution in [3.05, 3.63) is 40.4 Å². The molecule has 0 aliphatic rings. The van der Waals surface area contributed by atoms with E-state index in [-0.39, 0.29) is 0 Å². The minimum Gasteiger partial charge on any atom is -0.328 e. The van der Waals surface area contributed by atoms with Crippen molar-refractivity contribution >= 4 is 5.69 Å². The van der Waals surface area contributed by atoms with Crippen LogP contribution < -0.4 is 5.43 Å². The predicted molar refractivity (Wildman–Crippen MR) is 52.5 cm³/mol. The fourth-order valence-corrected chi connectivity index (χ4v) is 0.771. The van der Waals surface area contributed by atoms with Gasteiger partial charge in [0.25, 0.3) is 5.09 Å². The van der Waals surface area contributed by atoms with Crippen LogP contribution in [0, 0.1) is 10.1 Å². The highest BCUT2D eigenvalue weighted by molar-refractivity contribution is 5.41. The number of para-hydroxylation sites is 1. The summed E-state index contributed by atoms with van der Waals surface area (Å²) in [7, 11) is 3.93. The lowest BCUT2D eigenvalue weighted by atomic mass is 10.3. The van der Waals surface area contributed by atoms with Crippen LogP contribution >= 0.6 is 0 Å². The van der Waals surface area contributed by atoms with Gasteiger partial charge in [-0.3, -0.25) is 0 Å². The molecule has 0 atom stereocenters. The fourth-order valence-electron chi connectivity index (χ4n) is 0.771. The van der Waals surface area contributed by atoms with Crippen molar-refractivity contribution in [1.82, 2.24) is 5.01 Å². The molecule has 0 amide bonds. The number of nitrogens with one attached hydrogen (secondary N) is 1. The first-order valence-electron chi connectivity index (χ1n) is 3.84. The summed E-state index contributed by atoms with van der Waals surface area (Å²) in [6.07, 6.45) is 0. The Morgan fingerprint density at radius 3 is 2.14 bits per heavy atom. The van der Waals surface area contributed by atoms with Crippen LogP contribution in [-0.4, -0.2) is 29.4 Å². The van der Waals surface area contributed by atoms with Gasteiger partial charge in [-0.15, -0.1) is 10.1 Å². The van der Waals surface area contributed by atoms with Crippen molar-refractivity contribution in [1.29, 1.82) is 0 Å². The number of hydrogen-bond donors (Lipinski definition) is 2. The largest absolute Gasteiger partial charge is 0.328 e. The Balaban J connectivity index is 0.000000364. The maximum Gasteiger partial charge on any atom is 0.291 e. The van der Waals surface area contributed by atoms with E-state index in [1.807, 2.05) is 49.4 Å². The fraction of sp³-hybridized carbons (Fsp3) is 0.250. The first-order valence-corrected chi connectivity index (χ1v) is 3.84. The minimum atomic E-state index is -1.50. The van der Waals surface area contributed by atoms with Gasteiger partial charge in [-0.1, -0.05) is 18.2 Å². The van der Waals surface area contributed by atoms with E-state index in [1.54, 1.807) is 0 Å². The third-order valence-electron chi connectivity index (χ3n) is 1.13. The van der Waals surface area contributed by atoms with Crippen LogP contribution in [0.2, 0.25) is 0 Å². The van der Waals surface area contributed by atoms with Crippen LogP contribution in [0.25, 0.3) is 0 Å². The van der Waals surface area contributed by atoms with Crippen LogP contribution in [0.4, 0.5) is 5.69 Å². The summed E-state index contributed by atoms with van der Waals surface area (Å²) in [5, 5.41) is 15.6. The third-order valence-corrected chi connectivity index (χ3v) is 1.13. The van der Waals surface area contributed by atoms with Crippen molar-refractivity contribution in [2.75, 3.05) is 19.5 Å². The van der Waals surface area contributed by atoms with Gasteiger partial charge in [-0.25, -0.2) is 5.01 Å². The van der Waals surface area contributed by atoms with Gasteiger partial charge in [0, 0.05) is 19.8 Å². The molecule has 0 fully saturated rings. The smallest absolute Gasteiger partial charge is 0.291 e. The van der Waals surface area contributed by atoms with E-state index in [2.05, 4.69) is 5.43 Å². The van der Waals surface area contributed by atoms with Gasteiger partial charge < -0.3 is 10.6 Å². The number of hydrogen-bond acceptors (Lipinski definition) is 4. The molecule has 6 heteroatoms. The topological polar surface area (TPSA) is 78.6 Å². The molecular weight excluding hydrogens is 186 g/mol. The number of anilines is 1. The van der Waals surface area contributed by atoms with Gasteiger partial charge in [-0.2, -0.15) is 0 Å². The molecule has 0 aliphatic heterocycles. The van der Waals surface area contributed by atoms with Crippen LogP contribution in [-0.2, 0) is 0 Å². The van der Waals surface area contributed by atoms with E-state index < -0.39 is 5.09 Å². The summed E-state index contributed by atoms with van der Waals surface area (Å²) in [6, 6.07) is 10.1. The Hall–Kier alpha value is -1.82. The van der Waals surface area contributed by atoms with Gasteiger partial charge in [-0.05, 0) is 12.1 Å². The Morgan fingerprint density at radius 2 is 1.79 bits per heavy atom. The standard InChI is InChI=1S/C8H12N2.HNO3/c1-10(2)9-8-6-4-3-5-7-8;2-1(3)4/h3-7,9H,1-2H3;(H,2,3,4). The molecule has 0 spiro atoms. The maximum absolute atomic E-state index is 8.36. The molecule has 1 rings (SSSR count). The second-order valence-corrected chi connectivity index (χ2v) is 2.61. The van der Waals surface area contributed by atoms with Gasteiger partial charge in [0.2, 0.25) is 0 Å². The van der Waals surface area contributed by atoms with Crippen molar-refractivity contribution in [2.24, 2.45) is 0 Å². The van der Waals surface area contributed by atoms with E-state index in [0.717, 1.165) is 5.69 Å². The van der Waals surface area contributed by atoms with Crippen LogP contribution in [0.3, 0.4) is 0 Å². The lowest BCUT2D eigenvalue weighted by Gasteiger charge is -2.12. The molecule has 1 aromatic carbocycles. The molecule has 0 saturated carbocycles. The molecular formula is C8H13N3O3. The van der Waals surface area contributed by atoms with E-state index in [0.29, 0.717) is 0 Å². The van der Waals surface area contributed by atoms with Crippen molar-refractivity contribution in [3.8, 4) is 0 Å². The van der Waals surface area contributed by atoms with Gasteiger partial charge in [0.15, 0.2) is 0 Å². The second-order valence-electron chi connectivity index (χ2n) is 2.61. The number of rotatable bonds is 2. The Morgan fingerprint density at radius 1 is 1.36 bits per heavy atom. The molecule has 0 unspecified atom stereocenters. The molecule has 0 bridgehead atoms. The molecule has 0 saturated heterocycles. The van der Waals surface area contributed by atoms with Crippen molar-refractivity contribution in [2.45, 2.75) is 0 Å². The zero-order valence-corrected chi connectivity index (χ0v) is 8.04. The first-order chi connectivity index (χ1) is 6.52. The molecule has 1 aromatic rings. The third kappa shape index (κ3) is 8.28. The van der Waals surface area contributed by atoms with Gasteiger partial charge in [0.1, 0.15) is 0 Å². The summed E-state index contributed by atoms with van der Waals surface area (Å²) in [5.41, 5.74) is 4.26. The SMILES string of the molecule is CN(C)Nc1ccccc1.O=[N+]([O-])O. The Bertz CT molecular complexity index is 260. The normalized spacial score (nSPS) is 8.79. The number of nitrogens with zero attached hydrogens (tertiary/aromatic N) is 2. The molecule has 0 aromatic heterocycles. The van der Waals surface area contributed by atoms with E-state index >= 15 is 0 Å². The van der Waals surface area contributed by atoms with Gasteiger partial charge in [0.05, 0.1) is 0 Å². The molecule has 2 N–H and O–H groups in total. The van der Waals surface area contributed by atoms with Crippen LogP contribution in [0.1, 0.15) is 0 Å². The molecule has 0 heterocycles. The van der Waals surface area contributed by atoms with Crippen LogP contribution in [0.15, 0.2) is 30.3 Å². The summed E-state index contributed by atoms with van der Waals surface area (Å²) in [6.45, 7) is 0. The average molecular weight is 199 g/mol. The zero-order chi connectivity index (χ0) is 11.0. The predicted octanol–water partition coefficient (Wildman–Crippen LogP) is 1.23. The van der Waals surface area contributed by atoms with Crippen LogP contribution in [0.5, 0.6) is 0 Å². The van der Waals surface area contributed by atoms with Gasteiger partial charge >= 0.3 is 0 Å².